The number of rotatable bonds is 9. The molecule has 0 spiro atoms. The average molecular weight is 590 g/mol. The number of carbonyl (C=O) groups excluding carboxylic acids is 2. The predicted octanol–water partition coefficient (Wildman–Crippen LogP) is 2.17. The van der Waals surface area contributed by atoms with Gasteiger partial charge in [-0.05, 0) is 17.7 Å². The summed E-state index contributed by atoms with van der Waals surface area (Å²) in [5.41, 5.74) is 1.39. The monoisotopic (exact) mass is 589 g/mol. The summed E-state index contributed by atoms with van der Waals surface area (Å²) in [6.07, 6.45) is -0.528. The van der Waals surface area contributed by atoms with E-state index in [1.807, 2.05) is 30.3 Å². The SMILES string of the molecule is O=C(O)c1ccc(C[C@H](NC(=O)c2cc(OC3CCOC3)nc(-c3ccccc3)n2)C(=O)N2CCN(C(=O)O)CC2)cc1. The third kappa shape index (κ3) is 7.43. The first-order valence-corrected chi connectivity index (χ1v) is 13.9. The number of carboxylic acid groups (broad SMARTS) is 2. The van der Waals surface area contributed by atoms with E-state index in [1.54, 1.807) is 12.1 Å². The van der Waals surface area contributed by atoms with Crippen LogP contribution in [0.4, 0.5) is 4.79 Å². The number of carboxylic acids is 1. The number of aromatic nitrogens is 2. The summed E-state index contributed by atoms with van der Waals surface area (Å²) < 4.78 is 11.4. The lowest BCUT2D eigenvalue weighted by molar-refractivity contribution is -0.134. The number of hydrogen-bond acceptors (Lipinski definition) is 8. The lowest BCUT2D eigenvalue weighted by atomic mass is 10.0. The number of hydrogen-bond donors (Lipinski definition) is 3. The van der Waals surface area contributed by atoms with Crippen LogP contribution in [-0.2, 0) is 16.0 Å². The highest BCUT2D eigenvalue weighted by Crippen LogP contribution is 2.22. The van der Waals surface area contributed by atoms with Crippen LogP contribution >= 0.6 is 0 Å². The summed E-state index contributed by atoms with van der Waals surface area (Å²) in [6, 6.07) is 15.5. The van der Waals surface area contributed by atoms with Crippen molar-refractivity contribution in [1.29, 1.82) is 0 Å². The van der Waals surface area contributed by atoms with Gasteiger partial charge in [0.25, 0.3) is 5.91 Å². The van der Waals surface area contributed by atoms with Crippen molar-refractivity contribution in [1.82, 2.24) is 25.1 Å². The van der Waals surface area contributed by atoms with E-state index in [0.717, 1.165) is 0 Å². The van der Waals surface area contributed by atoms with Crippen LogP contribution in [0.5, 0.6) is 5.88 Å². The van der Waals surface area contributed by atoms with Crippen molar-refractivity contribution < 1.29 is 38.9 Å². The summed E-state index contributed by atoms with van der Waals surface area (Å²) in [7, 11) is 0. The lowest BCUT2D eigenvalue weighted by Gasteiger charge is -2.35. The molecule has 224 valence electrons. The zero-order valence-corrected chi connectivity index (χ0v) is 23.2. The molecule has 2 saturated heterocycles. The molecule has 13 nitrogen and oxygen atoms in total. The Balaban J connectivity index is 1.41. The van der Waals surface area contributed by atoms with Gasteiger partial charge in [-0.1, -0.05) is 42.5 Å². The van der Waals surface area contributed by atoms with Gasteiger partial charge >= 0.3 is 12.1 Å². The van der Waals surface area contributed by atoms with E-state index in [2.05, 4.69) is 15.3 Å². The van der Waals surface area contributed by atoms with E-state index in [4.69, 9.17) is 9.47 Å². The Hall–Kier alpha value is -5.04. The normalized spacial score (nSPS) is 17.3. The second-order valence-electron chi connectivity index (χ2n) is 10.2. The first kappa shape index (κ1) is 29.5. The van der Waals surface area contributed by atoms with Crippen molar-refractivity contribution in [3.63, 3.8) is 0 Å². The second kappa shape index (κ2) is 13.3. The third-order valence-corrected chi connectivity index (χ3v) is 7.25. The van der Waals surface area contributed by atoms with Crippen LogP contribution in [0.25, 0.3) is 11.4 Å². The fourth-order valence-corrected chi connectivity index (χ4v) is 4.88. The van der Waals surface area contributed by atoms with Crippen LogP contribution < -0.4 is 10.1 Å². The van der Waals surface area contributed by atoms with Crippen LogP contribution in [0, 0.1) is 0 Å². The van der Waals surface area contributed by atoms with Crippen molar-refractivity contribution in [2.24, 2.45) is 0 Å². The molecule has 1 unspecified atom stereocenters. The number of ether oxygens (including phenoxy) is 2. The Kier molecular flexibility index (Phi) is 9.11. The largest absolute Gasteiger partial charge is 0.478 e. The van der Waals surface area contributed by atoms with Gasteiger partial charge in [-0.25, -0.2) is 14.6 Å². The Morgan fingerprint density at radius 3 is 2.28 bits per heavy atom. The average Bonchev–Trinajstić information content (AvgIpc) is 3.54. The van der Waals surface area contributed by atoms with E-state index in [1.165, 1.54) is 28.0 Å². The smallest absolute Gasteiger partial charge is 0.407 e. The van der Waals surface area contributed by atoms with Crippen LogP contribution in [0.1, 0.15) is 32.8 Å². The minimum atomic E-state index is -1.08. The minimum Gasteiger partial charge on any atom is -0.478 e. The number of piperazine rings is 1. The summed E-state index contributed by atoms with van der Waals surface area (Å²) >= 11 is 0. The highest BCUT2D eigenvalue weighted by molar-refractivity contribution is 5.97. The third-order valence-electron chi connectivity index (χ3n) is 7.25. The van der Waals surface area contributed by atoms with Crippen LogP contribution in [-0.4, -0.2) is 105 Å². The fraction of sp³-hybridized carbons (Fsp3) is 0.333. The number of benzene rings is 2. The standard InChI is InChI=1S/C30H31N5O8/c36-27(23-17-25(43-22-10-15-42-18-22)33-26(31-23)20-4-2-1-3-5-20)32-24(16-19-6-8-21(9-7-19)29(38)39)28(37)34-11-13-35(14-12-34)30(40)41/h1-9,17,22,24H,10-16,18H2,(H,32,36)(H,38,39)(H,40,41)/t22?,24-/m0/s1. The first-order chi connectivity index (χ1) is 20.8. The molecule has 0 bridgehead atoms. The minimum absolute atomic E-state index is 0.00232. The van der Waals surface area contributed by atoms with Gasteiger partial charge in [0.1, 0.15) is 17.8 Å². The van der Waals surface area contributed by atoms with Crippen molar-refractivity contribution in [3.05, 3.63) is 77.5 Å². The molecule has 3 N–H and O–H groups in total. The fourth-order valence-electron chi connectivity index (χ4n) is 4.88. The molecule has 3 aromatic rings. The van der Waals surface area contributed by atoms with Gasteiger partial charge in [-0.2, -0.15) is 4.98 Å². The Morgan fingerprint density at radius 1 is 0.953 bits per heavy atom. The molecule has 0 radical (unpaired) electrons. The molecule has 1 aromatic heterocycles. The molecule has 0 aliphatic carbocycles. The van der Waals surface area contributed by atoms with E-state index in [9.17, 15) is 29.4 Å². The Bertz CT molecular complexity index is 1470. The Labute approximate surface area is 247 Å². The van der Waals surface area contributed by atoms with Crippen LogP contribution in [0.15, 0.2) is 60.7 Å². The van der Waals surface area contributed by atoms with Gasteiger partial charge in [0.15, 0.2) is 5.82 Å². The molecule has 2 aliphatic rings. The maximum Gasteiger partial charge on any atom is 0.407 e. The number of amides is 3. The van der Waals surface area contributed by atoms with E-state index in [0.29, 0.717) is 30.8 Å². The molecule has 2 aromatic carbocycles. The summed E-state index contributed by atoms with van der Waals surface area (Å²) in [5, 5.41) is 21.3. The lowest BCUT2D eigenvalue weighted by Crippen LogP contribution is -2.56. The van der Waals surface area contributed by atoms with Crippen molar-refractivity contribution in [3.8, 4) is 17.3 Å². The molecule has 13 heteroatoms. The molecular weight excluding hydrogens is 558 g/mol. The molecule has 2 fully saturated rings. The van der Waals surface area contributed by atoms with Crippen molar-refractivity contribution >= 4 is 23.9 Å². The van der Waals surface area contributed by atoms with E-state index in [-0.39, 0.29) is 61.7 Å². The maximum atomic E-state index is 13.7. The van der Waals surface area contributed by atoms with Crippen molar-refractivity contribution in [2.45, 2.75) is 25.0 Å². The summed E-state index contributed by atoms with van der Waals surface area (Å²) in [5.74, 6) is -1.62. The molecule has 5 rings (SSSR count). The predicted molar refractivity (Wildman–Crippen MR) is 152 cm³/mol. The number of aromatic carboxylic acids is 1. The zero-order valence-electron chi connectivity index (χ0n) is 23.2. The number of nitrogens with one attached hydrogen (secondary N) is 1. The second-order valence-corrected chi connectivity index (χ2v) is 10.2. The van der Waals surface area contributed by atoms with Gasteiger partial charge in [0.2, 0.25) is 11.8 Å². The molecule has 3 heterocycles. The first-order valence-electron chi connectivity index (χ1n) is 13.9. The molecular formula is C30H31N5O8. The van der Waals surface area contributed by atoms with Crippen molar-refractivity contribution in [2.75, 3.05) is 39.4 Å². The quantitative estimate of drug-likeness (QED) is 0.336. The molecule has 3 amide bonds. The van der Waals surface area contributed by atoms with Gasteiger partial charge in [-0.3, -0.25) is 9.59 Å². The summed E-state index contributed by atoms with van der Waals surface area (Å²) in [4.78, 5) is 61.7. The number of nitrogens with zero attached hydrogens (tertiary/aromatic N) is 4. The molecule has 2 aliphatic heterocycles. The van der Waals surface area contributed by atoms with Gasteiger partial charge in [0.05, 0.1) is 18.8 Å². The number of carbonyl (C=O) groups is 4. The topological polar surface area (TPSA) is 171 Å². The van der Waals surface area contributed by atoms with Gasteiger partial charge < -0.3 is 34.8 Å². The molecule has 43 heavy (non-hydrogen) atoms. The van der Waals surface area contributed by atoms with E-state index >= 15 is 0 Å². The molecule has 2 atom stereocenters. The Morgan fingerprint density at radius 2 is 1.65 bits per heavy atom. The molecule has 0 saturated carbocycles. The van der Waals surface area contributed by atoms with Gasteiger partial charge in [0, 0.05) is 50.7 Å². The maximum absolute atomic E-state index is 13.7. The van der Waals surface area contributed by atoms with E-state index < -0.39 is 29.9 Å². The zero-order chi connectivity index (χ0) is 30.3. The van der Waals surface area contributed by atoms with Crippen LogP contribution in [0.3, 0.4) is 0 Å². The van der Waals surface area contributed by atoms with Gasteiger partial charge in [-0.15, -0.1) is 0 Å². The highest BCUT2D eigenvalue weighted by atomic mass is 16.5. The highest BCUT2D eigenvalue weighted by Gasteiger charge is 2.31. The van der Waals surface area contributed by atoms with Crippen LogP contribution in [0.2, 0.25) is 0 Å². The summed E-state index contributed by atoms with van der Waals surface area (Å²) in [6.45, 7) is 1.59.